The van der Waals surface area contributed by atoms with Crippen molar-refractivity contribution in [2.45, 2.75) is 0 Å². The van der Waals surface area contributed by atoms with Gasteiger partial charge in [-0.25, -0.2) is 0 Å². The van der Waals surface area contributed by atoms with Crippen LogP contribution in [-0.2, 0) is 0 Å². The molecule has 5 rings (SSSR count). The molecule has 0 bridgehead atoms. The van der Waals surface area contributed by atoms with E-state index in [1.807, 2.05) is 66.7 Å². The van der Waals surface area contributed by atoms with Gasteiger partial charge in [-0.2, -0.15) is 0 Å². The van der Waals surface area contributed by atoms with Crippen LogP contribution in [0.3, 0.4) is 0 Å². The van der Waals surface area contributed by atoms with Crippen molar-refractivity contribution in [2.24, 2.45) is 0 Å². The number of hydrogen-bond acceptors (Lipinski definition) is 2. The molecule has 0 saturated carbocycles. The Hall–Kier alpha value is -2.71. The van der Waals surface area contributed by atoms with Crippen molar-refractivity contribution in [3.8, 4) is 33.9 Å². The second kappa shape index (κ2) is 4.64. The van der Waals surface area contributed by atoms with Gasteiger partial charge in [-0.05, 0) is 18.2 Å². The fourth-order valence-electron chi connectivity index (χ4n) is 3.17. The standard InChI is InChI=1S/C20H11ClO2/c21-14-9-4-8-13-17-18-15(10-5-11-16(18)23-20(13)14)22-19(17)12-6-2-1-3-7-12/h1-11H. The molecule has 0 spiro atoms. The van der Waals surface area contributed by atoms with Crippen LogP contribution in [0.5, 0.6) is 11.5 Å². The molecule has 0 aliphatic carbocycles. The Kier molecular flexibility index (Phi) is 2.58. The van der Waals surface area contributed by atoms with Crippen LogP contribution in [0.4, 0.5) is 0 Å². The molecular formula is C20H11ClO2. The summed E-state index contributed by atoms with van der Waals surface area (Å²) in [7, 11) is 0. The summed E-state index contributed by atoms with van der Waals surface area (Å²) in [6.45, 7) is 0. The third kappa shape index (κ3) is 1.76. The summed E-state index contributed by atoms with van der Waals surface area (Å²) in [5, 5.41) is 1.60. The van der Waals surface area contributed by atoms with Gasteiger partial charge < -0.3 is 9.15 Å². The lowest BCUT2D eigenvalue weighted by Crippen LogP contribution is -1.96. The normalized spacial score (nSPS) is 12.0. The van der Waals surface area contributed by atoms with Gasteiger partial charge in [0, 0.05) is 16.7 Å². The number of hydrogen-bond donors (Lipinski definition) is 0. The van der Waals surface area contributed by atoms with Gasteiger partial charge in [-0.15, -0.1) is 0 Å². The second-order valence-corrected chi connectivity index (χ2v) is 5.93. The highest BCUT2D eigenvalue weighted by molar-refractivity contribution is 6.33. The maximum Gasteiger partial charge on any atom is 0.154 e. The minimum Gasteiger partial charge on any atom is -0.455 e. The van der Waals surface area contributed by atoms with Crippen LogP contribution < -0.4 is 4.74 Å². The number of para-hydroxylation sites is 1. The molecule has 3 heteroatoms. The lowest BCUT2D eigenvalue weighted by atomic mass is 9.95. The van der Waals surface area contributed by atoms with E-state index in [-0.39, 0.29) is 0 Å². The van der Waals surface area contributed by atoms with Crippen molar-refractivity contribution >= 4 is 22.6 Å². The molecule has 2 heterocycles. The Morgan fingerprint density at radius 2 is 1.61 bits per heavy atom. The molecule has 0 amide bonds. The maximum absolute atomic E-state index is 6.35. The molecule has 3 aromatic carbocycles. The smallest absolute Gasteiger partial charge is 0.154 e. The van der Waals surface area contributed by atoms with Gasteiger partial charge in [-0.3, -0.25) is 0 Å². The van der Waals surface area contributed by atoms with E-state index in [2.05, 4.69) is 0 Å². The third-order valence-corrected chi connectivity index (χ3v) is 4.46. The third-order valence-electron chi connectivity index (χ3n) is 4.16. The summed E-state index contributed by atoms with van der Waals surface area (Å²) >= 11 is 6.35. The largest absolute Gasteiger partial charge is 0.455 e. The first kappa shape index (κ1) is 12.8. The number of halogens is 1. The summed E-state index contributed by atoms with van der Waals surface area (Å²) in [5.41, 5.74) is 3.87. The molecule has 1 aromatic heterocycles. The fourth-order valence-corrected chi connectivity index (χ4v) is 3.38. The molecule has 4 aromatic rings. The van der Waals surface area contributed by atoms with Crippen molar-refractivity contribution in [1.29, 1.82) is 0 Å². The molecule has 110 valence electrons. The number of rotatable bonds is 1. The van der Waals surface area contributed by atoms with Crippen LogP contribution >= 0.6 is 11.6 Å². The average molecular weight is 319 g/mol. The van der Waals surface area contributed by atoms with Crippen LogP contribution in [0, 0.1) is 0 Å². The van der Waals surface area contributed by atoms with Gasteiger partial charge >= 0.3 is 0 Å². The fraction of sp³-hybridized carbons (Fsp3) is 0. The molecule has 0 atom stereocenters. The zero-order valence-electron chi connectivity index (χ0n) is 12.0. The Morgan fingerprint density at radius 1 is 0.783 bits per heavy atom. The lowest BCUT2D eigenvalue weighted by molar-refractivity contribution is 0.487. The van der Waals surface area contributed by atoms with Gasteiger partial charge in [0.25, 0.3) is 0 Å². The highest BCUT2D eigenvalue weighted by Crippen LogP contribution is 2.53. The maximum atomic E-state index is 6.35. The quantitative estimate of drug-likeness (QED) is 0.351. The predicted molar refractivity (Wildman–Crippen MR) is 92.2 cm³/mol. The zero-order chi connectivity index (χ0) is 15.4. The predicted octanol–water partition coefficient (Wildman–Crippen LogP) is 6.53. The van der Waals surface area contributed by atoms with Crippen molar-refractivity contribution in [2.75, 3.05) is 0 Å². The summed E-state index contributed by atoms with van der Waals surface area (Å²) in [6.07, 6.45) is 0. The molecule has 1 aliphatic heterocycles. The van der Waals surface area contributed by atoms with E-state index in [1.165, 1.54) is 0 Å². The van der Waals surface area contributed by atoms with Crippen LogP contribution in [0.15, 0.2) is 71.1 Å². The SMILES string of the molecule is Clc1cccc2c1Oc1cccc3oc(-c4ccccc4)c-2c13. The molecule has 1 aliphatic rings. The first-order chi connectivity index (χ1) is 11.3. The monoisotopic (exact) mass is 318 g/mol. The summed E-state index contributed by atoms with van der Waals surface area (Å²) in [6, 6.07) is 21.8. The molecular weight excluding hydrogens is 308 g/mol. The molecule has 0 saturated heterocycles. The second-order valence-electron chi connectivity index (χ2n) is 5.52. The minimum absolute atomic E-state index is 0.602. The molecule has 0 fully saturated rings. The highest BCUT2D eigenvalue weighted by Gasteiger charge is 2.28. The van der Waals surface area contributed by atoms with Crippen LogP contribution in [0.2, 0.25) is 5.02 Å². The molecule has 0 radical (unpaired) electrons. The van der Waals surface area contributed by atoms with Gasteiger partial charge in [0.1, 0.15) is 17.1 Å². The van der Waals surface area contributed by atoms with Gasteiger partial charge in [-0.1, -0.05) is 60.1 Å². The number of fused-ring (bicyclic) bond motifs is 2. The Labute approximate surface area is 137 Å². The van der Waals surface area contributed by atoms with Crippen LogP contribution in [0.1, 0.15) is 0 Å². The van der Waals surface area contributed by atoms with Crippen LogP contribution in [0.25, 0.3) is 33.4 Å². The minimum atomic E-state index is 0.602. The molecule has 0 unspecified atom stereocenters. The summed E-state index contributed by atoms with van der Waals surface area (Å²) in [4.78, 5) is 0. The first-order valence-corrected chi connectivity index (χ1v) is 7.78. The van der Waals surface area contributed by atoms with E-state index in [1.54, 1.807) is 0 Å². The first-order valence-electron chi connectivity index (χ1n) is 7.40. The van der Waals surface area contributed by atoms with E-state index in [4.69, 9.17) is 20.8 Å². The van der Waals surface area contributed by atoms with E-state index >= 15 is 0 Å². The Balaban J connectivity index is 1.95. The van der Waals surface area contributed by atoms with E-state index in [9.17, 15) is 0 Å². The van der Waals surface area contributed by atoms with Crippen molar-refractivity contribution in [3.63, 3.8) is 0 Å². The number of ether oxygens (including phenoxy) is 1. The summed E-state index contributed by atoms with van der Waals surface area (Å²) in [5.74, 6) is 2.32. The number of furan rings is 1. The van der Waals surface area contributed by atoms with E-state index in [0.717, 1.165) is 39.2 Å². The average Bonchev–Trinajstić information content (AvgIpc) is 2.98. The molecule has 0 N–H and O–H groups in total. The van der Waals surface area contributed by atoms with E-state index in [0.29, 0.717) is 10.8 Å². The van der Waals surface area contributed by atoms with Gasteiger partial charge in [0.15, 0.2) is 5.75 Å². The Bertz CT molecular complexity index is 1050. The Morgan fingerprint density at radius 3 is 2.48 bits per heavy atom. The highest BCUT2D eigenvalue weighted by atomic mass is 35.5. The zero-order valence-corrected chi connectivity index (χ0v) is 12.8. The van der Waals surface area contributed by atoms with Crippen LogP contribution in [-0.4, -0.2) is 0 Å². The molecule has 23 heavy (non-hydrogen) atoms. The van der Waals surface area contributed by atoms with Crippen molar-refractivity contribution in [3.05, 3.63) is 71.8 Å². The molecule has 2 nitrogen and oxygen atoms in total. The van der Waals surface area contributed by atoms with Gasteiger partial charge in [0.2, 0.25) is 0 Å². The van der Waals surface area contributed by atoms with Gasteiger partial charge in [0.05, 0.1) is 10.4 Å². The lowest BCUT2D eigenvalue weighted by Gasteiger charge is -2.19. The van der Waals surface area contributed by atoms with Crippen molar-refractivity contribution in [1.82, 2.24) is 0 Å². The van der Waals surface area contributed by atoms with Crippen molar-refractivity contribution < 1.29 is 9.15 Å². The number of benzene rings is 3. The van der Waals surface area contributed by atoms with E-state index < -0.39 is 0 Å². The topological polar surface area (TPSA) is 22.4 Å². The summed E-state index contributed by atoms with van der Waals surface area (Å²) < 4.78 is 12.2.